The van der Waals surface area contributed by atoms with Gasteiger partial charge in [-0.25, -0.2) is 9.97 Å². The minimum atomic E-state index is 0.842. The molecule has 0 unspecified atom stereocenters. The minimum absolute atomic E-state index is 0.842. The van der Waals surface area contributed by atoms with E-state index in [4.69, 9.17) is 0 Å². The van der Waals surface area contributed by atoms with Gasteiger partial charge in [0, 0.05) is 37.4 Å². The summed E-state index contributed by atoms with van der Waals surface area (Å²) >= 11 is 0. The Labute approximate surface area is 124 Å². The summed E-state index contributed by atoms with van der Waals surface area (Å²) in [6.45, 7) is 9.95. The summed E-state index contributed by atoms with van der Waals surface area (Å²) in [5, 5.41) is 7.78. The molecular weight excluding hydrogens is 264 g/mol. The molecule has 110 valence electrons. The van der Waals surface area contributed by atoms with Crippen molar-refractivity contribution in [3.63, 3.8) is 0 Å². The average molecular weight is 284 g/mol. The molecule has 1 aliphatic heterocycles. The third-order valence-electron chi connectivity index (χ3n) is 3.99. The van der Waals surface area contributed by atoms with Crippen molar-refractivity contribution in [3.8, 4) is 0 Å². The summed E-state index contributed by atoms with van der Waals surface area (Å²) in [4.78, 5) is 13.7. The Morgan fingerprint density at radius 2 is 1.62 bits per heavy atom. The normalized spacial score (nSPS) is 15.4. The van der Waals surface area contributed by atoms with Crippen molar-refractivity contribution >= 4 is 11.5 Å². The lowest BCUT2D eigenvalue weighted by molar-refractivity contribution is 0.641. The molecule has 2 aromatic rings. The van der Waals surface area contributed by atoms with Crippen LogP contribution in [-0.2, 0) is 0 Å². The molecule has 0 aliphatic carbocycles. The standard InChI is InChI=1S/C15H20N6/c1-11-12(2)18-13(3)19-15(11)21-8-6-20(7-9-21)14-4-5-16-17-10-14/h4-5,10H,6-9H2,1-3H3. The Balaban J connectivity index is 1.74. The minimum Gasteiger partial charge on any atom is -0.367 e. The smallest absolute Gasteiger partial charge is 0.135 e. The van der Waals surface area contributed by atoms with E-state index < -0.39 is 0 Å². The third kappa shape index (κ3) is 2.79. The third-order valence-corrected chi connectivity index (χ3v) is 3.99. The Hall–Kier alpha value is -2.24. The van der Waals surface area contributed by atoms with Gasteiger partial charge in [-0.15, -0.1) is 0 Å². The van der Waals surface area contributed by atoms with Gasteiger partial charge in [0.05, 0.1) is 18.1 Å². The molecule has 0 aromatic carbocycles. The van der Waals surface area contributed by atoms with Gasteiger partial charge in [0.15, 0.2) is 0 Å². The molecule has 1 fully saturated rings. The fourth-order valence-corrected chi connectivity index (χ4v) is 2.71. The lowest BCUT2D eigenvalue weighted by Crippen LogP contribution is -2.47. The van der Waals surface area contributed by atoms with Gasteiger partial charge in [0.1, 0.15) is 11.6 Å². The predicted molar refractivity (Wildman–Crippen MR) is 82.7 cm³/mol. The first-order chi connectivity index (χ1) is 10.1. The van der Waals surface area contributed by atoms with Crippen LogP contribution in [0.25, 0.3) is 0 Å². The second kappa shape index (κ2) is 5.63. The molecule has 0 atom stereocenters. The van der Waals surface area contributed by atoms with Crippen molar-refractivity contribution in [2.45, 2.75) is 20.8 Å². The van der Waals surface area contributed by atoms with Crippen LogP contribution >= 0.6 is 0 Å². The molecule has 0 amide bonds. The van der Waals surface area contributed by atoms with E-state index in [1.165, 1.54) is 5.56 Å². The van der Waals surface area contributed by atoms with Crippen molar-refractivity contribution in [2.24, 2.45) is 0 Å². The molecule has 6 heteroatoms. The molecule has 2 aromatic heterocycles. The highest BCUT2D eigenvalue weighted by atomic mass is 15.3. The van der Waals surface area contributed by atoms with E-state index in [1.807, 2.05) is 26.1 Å². The summed E-state index contributed by atoms with van der Waals surface area (Å²) in [5.74, 6) is 1.92. The maximum absolute atomic E-state index is 4.63. The number of hydrogen-bond donors (Lipinski definition) is 0. The van der Waals surface area contributed by atoms with E-state index in [0.717, 1.165) is 49.2 Å². The van der Waals surface area contributed by atoms with Crippen LogP contribution in [0.1, 0.15) is 17.1 Å². The Kier molecular flexibility index (Phi) is 3.68. The van der Waals surface area contributed by atoms with Gasteiger partial charge in [-0.2, -0.15) is 10.2 Å². The molecule has 0 N–H and O–H groups in total. The zero-order chi connectivity index (χ0) is 14.8. The Bertz CT molecular complexity index is 620. The topological polar surface area (TPSA) is 58.0 Å². The monoisotopic (exact) mass is 284 g/mol. The highest BCUT2D eigenvalue weighted by molar-refractivity contribution is 5.51. The van der Waals surface area contributed by atoms with E-state index >= 15 is 0 Å². The van der Waals surface area contributed by atoms with Crippen molar-refractivity contribution in [3.05, 3.63) is 35.5 Å². The largest absolute Gasteiger partial charge is 0.367 e. The number of anilines is 2. The fraction of sp³-hybridized carbons (Fsp3) is 0.467. The molecule has 3 heterocycles. The van der Waals surface area contributed by atoms with E-state index in [0.29, 0.717) is 0 Å². The zero-order valence-corrected chi connectivity index (χ0v) is 12.7. The first-order valence-electron chi connectivity index (χ1n) is 7.23. The number of aromatic nitrogens is 4. The number of rotatable bonds is 2. The van der Waals surface area contributed by atoms with Gasteiger partial charge < -0.3 is 9.80 Å². The molecular formula is C15H20N6. The number of hydrogen-bond acceptors (Lipinski definition) is 6. The van der Waals surface area contributed by atoms with Crippen LogP contribution in [-0.4, -0.2) is 46.3 Å². The number of aryl methyl sites for hydroxylation is 2. The van der Waals surface area contributed by atoms with Crippen molar-refractivity contribution < 1.29 is 0 Å². The first-order valence-corrected chi connectivity index (χ1v) is 7.23. The molecule has 0 saturated carbocycles. The summed E-state index contributed by atoms with van der Waals surface area (Å²) < 4.78 is 0. The second-order valence-corrected chi connectivity index (χ2v) is 5.38. The summed E-state index contributed by atoms with van der Waals surface area (Å²) in [6.07, 6.45) is 3.56. The van der Waals surface area contributed by atoms with Gasteiger partial charge in [0.25, 0.3) is 0 Å². The number of piperazine rings is 1. The van der Waals surface area contributed by atoms with Gasteiger partial charge in [-0.3, -0.25) is 0 Å². The molecule has 3 rings (SSSR count). The zero-order valence-electron chi connectivity index (χ0n) is 12.7. The molecule has 1 saturated heterocycles. The summed E-state index contributed by atoms with van der Waals surface area (Å²) in [6, 6.07) is 2.01. The number of nitrogens with zero attached hydrogens (tertiary/aromatic N) is 6. The van der Waals surface area contributed by atoms with Gasteiger partial charge in [-0.1, -0.05) is 0 Å². The highest BCUT2D eigenvalue weighted by Gasteiger charge is 2.20. The maximum Gasteiger partial charge on any atom is 0.135 e. The van der Waals surface area contributed by atoms with Gasteiger partial charge in [-0.05, 0) is 26.8 Å². The van der Waals surface area contributed by atoms with Crippen molar-refractivity contribution in [2.75, 3.05) is 36.0 Å². The van der Waals surface area contributed by atoms with E-state index in [-0.39, 0.29) is 0 Å². The Morgan fingerprint density at radius 3 is 2.29 bits per heavy atom. The first kappa shape index (κ1) is 13.7. The second-order valence-electron chi connectivity index (χ2n) is 5.38. The summed E-state index contributed by atoms with van der Waals surface area (Å²) in [7, 11) is 0. The molecule has 0 bridgehead atoms. The van der Waals surface area contributed by atoms with E-state index in [1.54, 1.807) is 6.20 Å². The highest BCUT2D eigenvalue weighted by Crippen LogP contribution is 2.22. The molecule has 21 heavy (non-hydrogen) atoms. The molecule has 6 nitrogen and oxygen atoms in total. The molecule has 0 radical (unpaired) electrons. The molecule has 1 aliphatic rings. The van der Waals surface area contributed by atoms with E-state index in [2.05, 4.69) is 36.9 Å². The average Bonchev–Trinajstić information content (AvgIpc) is 2.52. The SMILES string of the molecule is Cc1nc(C)c(C)c(N2CCN(c3ccnnc3)CC2)n1. The summed E-state index contributed by atoms with van der Waals surface area (Å²) in [5.41, 5.74) is 3.38. The van der Waals surface area contributed by atoms with Crippen LogP contribution in [0.5, 0.6) is 0 Å². The van der Waals surface area contributed by atoms with Crippen LogP contribution in [0, 0.1) is 20.8 Å². The Morgan fingerprint density at radius 1 is 0.905 bits per heavy atom. The van der Waals surface area contributed by atoms with Crippen LogP contribution in [0.15, 0.2) is 18.5 Å². The van der Waals surface area contributed by atoms with E-state index in [9.17, 15) is 0 Å². The van der Waals surface area contributed by atoms with Crippen LogP contribution < -0.4 is 9.80 Å². The lowest BCUT2D eigenvalue weighted by atomic mass is 10.2. The molecule has 0 spiro atoms. The van der Waals surface area contributed by atoms with Gasteiger partial charge in [0.2, 0.25) is 0 Å². The van der Waals surface area contributed by atoms with Crippen molar-refractivity contribution in [1.82, 2.24) is 20.2 Å². The fourth-order valence-electron chi connectivity index (χ4n) is 2.71. The quantitative estimate of drug-likeness (QED) is 0.833. The van der Waals surface area contributed by atoms with Crippen LogP contribution in [0.2, 0.25) is 0 Å². The van der Waals surface area contributed by atoms with Crippen LogP contribution in [0.3, 0.4) is 0 Å². The van der Waals surface area contributed by atoms with Gasteiger partial charge >= 0.3 is 0 Å². The predicted octanol–water partition coefficient (Wildman–Crippen LogP) is 1.52. The van der Waals surface area contributed by atoms with Crippen molar-refractivity contribution in [1.29, 1.82) is 0 Å². The lowest BCUT2D eigenvalue weighted by Gasteiger charge is -2.37. The maximum atomic E-state index is 4.63. The van der Waals surface area contributed by atoms with Crippen LogP contribution in [0.4, 0.5) is 11.5 Å².